The molecule has 1 atom stereocenters. The van der Waals surface area contributed by atoms with E-state index in [9.17, 15) is 9.59 Å². The highest BCUT2D eigenvalue weighted by Gasteiger charge is 2.19. The van der Waals surface area contributed by atoms with E-state index in [1.807, 2.05) is 44.2 Å². The summed E-state index contributed by atoms with van der Waals surface area (Å²) in [6.45, 7) is 5.61. The number of para-hydroxylation sites is 1. The zero-order valence-corrected chi connectivity index (χ0v) is 18.1. The molecule has 0 aromatic heterocycles. The van der Waals surface area contributed by atoms with Crippen LogP contribution in [0.2, 0.25) is 0 Å². The maximum Gasteiger partial charge on any atom is 0.344 e. The molecule has 30 heavy (non-hydrogen) atoms. The van der Waals surface area contributed by atoms with Crippen LogP contribution in [0, 0.1) is 0 Å². The molecular formula is C23H29NO6. The summed E-state index contributed by atoms with van der Waals surface area (Å²) < 4.78 is 21.2. The predicted octanol–water partition coefficient (Wildman–Crippen LogP) is 3.45. The number of esters is 1. The summed E-state index contributed by atoms with van der Waals surface area (Å²) in [4.78, 5) is 24.3. The predicted molar refractivity (Wildman–Crippen MR) is 113 cm³/mol. The Labute approximate surface area is 177 Å². The number of carbonyl (C=O) groups is 2. The third-order valence-electron chi connectivity index (χ3n) is 4.48. The number of methoxy groups -OCH3 is 2. The van der Waals surface area contributed by atoms with E-state index in [0.717, 1.165) is 11.1 Å². The Morgan fingerprint density at radius 3 is 2.30 bits per heavy atom. The summed E-state index contributed by atoms with van der Waals surface area (Å²) >= 11 is 0. The highest BCUT2D eigenvalue weighted by Crippen LogP contribution is 2.27. The van der Waals surface area contributed by atoms with E-state index < -0.39 is 18.0 Å². The fourth-order valence-corrected chi connectivity index (χ4v) is 2.83. The molecule has 1 amide bonds. The van der Waals surface area contributed by atoms with Crippen LogP contribution in [-0.2, 0) is 20.9 Å². The first-order valence-electron chi connectivity index (χ1n) is 9.75. The van der Waals surface area contributed by atoms with Gasteiger partial charge in [-0.15, -0.1) is 0 Å². The van der Waals surface area contributed by atoms with E-state index in [1.54, 1.807) is 26.4 Å². The number of nitrogens with one attached hydrogen (secondary N) is 1. The van der Waals surface area contributed by atoms with Crippen LogP contribution in [0.3, 0.4) is 0 Å². The molecule has 0 aliphatic rings. The van der Waals surface area contributed by atoms with Crippen LogP contribution >= 0.6 is 0 Å². The number of hydrogen-bond acceptors (Lipinski definition) is 6. The Morgan fingerprint density at radius 2 is 1.63 bits per heavy atom. The van der Waals surface area contributed by atoms with Gasteiger partial charge in [-0.2, -0.15) is 0 Å². The SMILES string of the molecule is COc1ccc(CNC(=O)[C@@H](C)OC(=O)COc2ccccc2C(C)C)cc1OC. The molecule has 0 aliphatic heterocycles. The summed E-state index contributed by atoms with van der Waals surface area (Å²) in [6, 6.07) is 12.9. The number of hydrogen-bond donors (Lipinski definition) is 1. The van der Waals surface area contributed by atoms with Gasteiger partial charge in [-0.05, 0) is 42.2 Å². The molecule has 7 nitrogen and oxygen atoms in total. The van der Waals surface area contributed by atoms with Crippen molar-refractivity contribution >= 4 is 11.9 Å². The maximum atomic E-state index is 12.3. The lowest BCUT2D eigenvalue weighted by atomic mass is 10.0. The second-order valence-corrected chi connectivity index (χ2v) is 7.02. The van der Waals surface area contributed by atoms with Crippen molar-refractivity contribution in [3.8, 4) is 17.2 Å². The van der Waals surface area contributed by atoms with Crippen LogP contribution in [0.1, 0.15) is 37.8 Å². The molecular weight excluding hydrogens is 386 g/mol. The van der Waals surface area contributed by atoms with Crippen LogP contribution in [0.5, 0.6) is 17.2 Å². The Bertz CT molecular complexity index is 865. The molecule has 1 N–H and O–H groups in total. The zero-order chi connectivity index (χ0) is 22.1. The van der Waals surface area contributed by atoms with Crippen molar-refractivity contribution in [2.24, 2.45) is 0 Å². The molecule has 162 valence electrons. The lowest BCUT2D eigenvalue weighted by Crippen LogP contribution is -2.36. The third kappa shape index (κ3) is 6.40. The molecule has 2 rings (SSSR count). The minimum Gasteiger partial charge on any atom is -0.493 e. The van der Waals surface area contributed by atoms with E-state index >= 15 is 0 Å². The van der Waals surface area contributed by atoms with Crippen molar-refractivity contribution < 1.29 is 28.5 Å². The molecule has 0 spiro atoms. The van der Waals surface area contributed by atoms with E-state index in [1.165, 1.54) is 6.92 Å². The van der Waals surface area contributed by atoms with Gasteiger partial charge in [0.05, 0.1) is 14.2 Å². The van der Waals surface area contributed by atoms with Crippen molar-refractivity contribution in [3.05, 3.63) is 53.6 Å². The van der Waals surface area contributed by atoms with E-state index in [2.05, 4.69) is 5.32 Å². The maximum absolute atomic E-state index is 12.3. The minimum atomic E-state index is -0.943. The first kappa shape index (κ1) is 23.1. The zero-order valence-electron chi connectivity index (χ0n) is 18.1. The largest absolute Gasteiger partial charge is 0.493 e. The molecule has 2 aromatic carbocycles. The minimum absolute atomic E-state index is 0.263. The van der Waals surface area contributed by atoms with Crippen LogP contribution < -0.4 is 19.5 Å². The smallest absolute Gasteiger partial charge is 0.344 e. The van der Waals surface area contributed by atoms with Crippen molar-refractivity contribution in [3.63, 3.8) is 0 Å². The Kier molecular flexibility index (Phi) is 8.53. The van der Waals surface area contributed by atoms with Gasteiger partial charge in [-0.3, -0.25) is 4.79 Å². The fourth-order valence-electron chi connectivity index (χ4n) is 2.83. The van der Waals surface area contributed by atoms with Gasteiger partial charge >= 0.3 is 5.97 Å². The van der Waals surface area contributed by atoms with Crippen molar-refractivity contribution in [1.82, 2.24) is 5.32 Å². The summed E-state index contributed by atoms with van der Waals surface area (Å²) in [7, 11) is 3.10. The lowest BCUT2D eigenvalue weighted by molar-refractivity contribution is -0.156. The van der Waals surface area contributed by atoms with E-state index in [4.69, 9.17) is 18.9 Å². The molecule has 0 aliphatic carbocycles. The summed E-state index contributed by atoms with van der Waals surface area (Å²) in [6.07, 6.45) is -0.943. The highest BCUT2D eigenvalue weighted by molar-refractivity contribution is 5.83. The highest BCUT2D eigenvalue weighted by atomic mass is 16.6. The molecule has 0 bridgehead atoms. The number of benzene rings is 2. The Hall–Kier alpha value is -3.22. The van der Waals surface area contributed by atoms with Crippen LogP contribution in [0.4, 0.5) is 0 Å². The van der Waals surface area contributed by atoms with Gasteiger partial charge in [0.1, 0.15) is 5.75 Å². The standard InChI is InChI=1S/C23H29NO6/c1-15(2)18-8-6-7-9-19(18)29-14-22(25)30-16(3)23(26)24-13-17-10-11-20(27-4)21(12-17)28-5/h6-12,15-16H,13-14H2,1-5H3,(H,24,26)/t16-/m1/s1. The molecule has 2 aromatic rings. The normalized spacial score (nSPS) is 11.5. The molecule has 0 unspecified atom stereocenters. The van der Waals surface area contributed by atoms with E-state index in [-0.39, 0.29) is 19.1 Å². The van der Waals surface area contributed by atoms with Gasteiger partial charge in [-0.25, -0.2) is 4.79 Å². The van der Waals surface area contributed by atoms with Crippen LogP contribution in [0.25, 0.3) is 0 Å². The van der Waals surface area contributed by atoms with Crippen molar-refractivity contribution in [2.75, 3.05) is 20.8 Å². The first-order chi connectivity index (χ1) is 14.3. The molecule has 0 saturated heterocycles. The number of carbonyl (C=O) groups excluding carboxylic acids is 2. The van der Waals surface area contributed by atoms with Gasteiger partial charge in [0.2, 0.25) is 0 Å². The molecule has 0 radical (unpaired) electrons. The quantitative estimate of drug-likeness (QED) is 0.599. The van der Waals surface area contributed by atoms with Gasteiger partial charge in [0.15, 0.2) is 24.2 Å². The second-order valence-electron chi connectivity index (χ2n) is 7.02. The third-order valence-corrected chi connectivity index (χ3v) is 4.48. The summed E-state index contributed by atoms with van der Waals surface area (Å²) in [5.74, 6) is 1.06. The number of ether oxygens (including phenoxy) is 4. The number of rotatable bonds is 10. The summed E-state index contributed by atoms with van der Waals surface area (Å²) in [5.41, 5.74) is 1.83. The average molecular weight is 415 g/mol. The Balaban J connectivity index is 1.83. The van der Waals surface area contributed by atoms with Gasteiger partial charge in [0, 0.05) is 6.54 Å². The monoisotopic (exact) mass is 415 g/mol. The van der Waals surface area contributed by atoms with Crippen molar-refractivity contribution in [1.29, 1.82) is 0 Å². The van der Waals surface area contributed by atoms with Crippen LogP contribution in [0.15, 0.2) is 42.5 Å². The van der Waals surface area contributed by atoms with E-state index in [0.29, 0.717) is 17.2 Å². The van der Waals surface area contributed by atoms with Crippen LogP contribution in [-0.4, -0.2) is 38.8 Å². The molecule has 0 heterocycles. The Morgan fingerprint density at radius 1 is 0.933 bits per heavy atom. The lowest BCUT2D eigenvalue weighted by Gasteiger charge is -2.16. The van der Waals surface area contributed by atoms with Gasteiger partial charge in [-0.1, -0.05) is 38.1 Å². The fraction of sp³-hybridized carbons (Fsp3) is 0.391. The first-order valence-corrected chi connectivity index (χ1v) is 9.75. The molecule has 0 saturated carbocycles. The van der Waals surface area contributed by atoms with Gasteiger partial charge < -0.3 is 24.3 Å². The second kappa shape index (κ2) is 11.1. The molecule has 7 heteroatoms. The average Bonchev–Trinajstić information content (AvgIpc) is 2.75. The van der Waals surface area contributed by atoms with Crippen molar-refractivity contribution in [2.45, 2.75) is 39.3 Å². The topological polar surface area (TPSA) is 83.1 Å². The molecule has 0 fully saturated rings. The number of amides is 1. The van der Waals surface area contributed by atoms with Gasteiger partial charge in [0.25, 0.3) is 5.91 Å². The summed E-state index contributed by atoms with van der Waals surface area (Å²) in [5, 5.41) is 2.74.